The molecule has 1 unspecified atom stereocenters. The molecule has 2 amide bonds. The Labute approximate surface area is 163 Å². The van der Waals surface area contributed by atoms with Crippen molar-refractivity contribution in [3.63, 3.8) is 0 Å². The van der Waals surface area contributed by atoms with Crippen LogP contribution in [0.15, 0.2) is 0 Å². The number of hydrogen-bond donors (Lipinski definition) is 0. The van der Waals surface area contributed by atoms with Crippen LogP contribution in [0, 0.1) is 11.8 Å². The molecular weight excluding hydrogens is 342 g/mol. The highest BCUT2D eigenvalue weighted by Crippen LogP contribution is 2.34. The summed E-state index contributed by atoms with van der Waals surface area (Å²) in [6, 6.07) is 0. The number of carbonyl (C=O) groups is 2. The molecule has 1 atom stereocenters. The smallest absolute Gasteiger partial charge is 0.226 e. The zero-order chi connectivity index (χ0) is 18.9. The van der Waals surface area contributed by atoms with E-state index in [-0.39, 0.29) is 17.4 Å². The predicted octanol–water partition coefficient (Wildman–Crippen LogP) is 1.74. The molecule has 0 aromatic rings. The average molecular weight is 378 g/mol. The van der Waals surface area contributed by atoms with Crippen molar-refractivity contribution in [3.8, 4) is 0 Å². The van der Waals surface area contributed by atoms with E-state index >= 15 is 0 Å². The molecule has 0 radical (unpaired) electrons. The quantitative estimate of drug-likeness (QED) is 0.752. The van der Waals surface area contributed by atoms with Gasteiger partial charge < -0.3 is 19.4 Å². The first-order valence-electron chi connectivity index (χ1n) is 10.9. The van der Waals surface area contributed by atoms with Gasteiger partial charge in [0.2, 0.25) is 11.8 Å². The molecule has 152 valence electrons. The third-order valence-corrected chi connectivity index (χ3v) is 7.26. The number of nitrogens with zero attached hydrogens (tertiary/aromatic N) is 3. The van der Waals surface area contributed by atoms with Gasteiger partial charge in [0.05, 0.1) is 24.5 Å². The molecule has 3 aliphatic heterocycles. The minimum absolute atomic E-state index is 0.146. The average Bonchev–Trinajstić information content (AvgIpc) is 2.77. The van der Waals surface area contributed by atoms with E-state index in [0.29, 0.717) is 24.9 Å². The van der Waals surface area contributed by atoms with Crippen LogP contribution in [0.25, 0.3) is 0 Å². The molecule has 6 heteroatoms. The topological polar surface area (TPSA) is 53.1 Å². The Morgan fingerprint density at radius 3 is 2.56 bits per heavy atom. The van der Waals surface area contributed by atoms with Gasteiger partial charge in [-0.2, -0.15) is 0 Å². The summed E-state index contributed by atoms with van der Waals surface area (Å²) in [6.07, 6.45) is 8.05. The molecule has 0 aromatic heterocycles. The number of likely N-dealkylation sites (tertiary alicyclic amines) is 2. The van der Waals surface area contributed by atoms with E-state index in [4.69, 9.17) is 4.74 Å². The monoisotopic (exact) mass is 377 g/mol. The van der Waals surface area contributed by atoms with Crippen LogP contribution in [0.3, 0.4) is 0 Å². The second-order valence-corrected chi connectivity index (χ2v) is 9.27. The molecular formula is C21H35N3O3. The summed E-state index contributed by atoms with van der Waals surface area (Å²) >= 11 is 0. The number of rotatable bonds is 3. The lowest BCUT2D eigenvalue weighted by Gasteiger charge is -2.42. The lowest BCUT2D eigenvalue weighted by molar-refractivity contribution is -0.145. The van der Waals surface area contributed by atoms with Crippen LogP contribution in [0.4, 0.5) is 0 Å². The molecule has 4 aliphatic rings. The summed E-state index contributed by atoms with van der Waals surface area (Å²) in [6.45, 7) is 5.72. The summed E-state index contributed by atoms with van der Waals surface area (Å²) in [5, 5.41) is 0. The number of amides is 2. The summed E-state index contributed by atoms with van der Waals surface area (Å²) < 4.78 is 6.25. The molecule has 1 saturated carbocycles. The highest BCUT2D eigenvalue weighted by atomic mass is 16.5. The van der Waals surface area contributed by atoms with Crippen LogP contribution in [0.5, 0.6) is 0 Å². The van der Waals surface area contributed by atoms with Crippen LogP contribution in [-0.4, -0.2) is 85.0 Å². The van der Waals surface area contributed by atoms with Crippen LogP contribution in [-0.2, 0) is 14.3 Å². The van der Waals surface area contributed by atoms with Gasteiger partial charge in [0.1, 0.15) is 0 Å². The van der Waals surface area contributed by atoms with Gasteiger partial charge in [-0.1, -0.05) is 6.42 Å². The van der Waals surface area contributed by atoms with Crippen molar-refractivity contribution >= 4 is 11.8 Å². The van der Waals surface area contributed by atoms with Gasteiger partial charge in [0, 0.05) is 32.7 Å². The Balaban J connectivity index is 1.31. The number of hydrogen-bond acceptors (Lipinski definition) is 4. The first kappa shape index (κ1) is 19.2. The number of piperidine rings is 2. The van der Waals surface area contributed by atoms with Crippen molar-refractivity contribution in [2.75, 3.05) is 52.9 Å². The molecule has 1 spiro atoms. The van der Waals surface area contributed by atoms with E-state index in [1.807, 2.05) is 9.80 Å². The minimum atomic E-state index is -0.342. The maximum Gasteiger partial charge on any atom is 0.226 e. The van der Waals surface area contributed by atoms with Crippen LogP contribution >= 0.6 is 0 Å². The first-order chi connectivity index (χ1) is 13.0. The summed E-state index contributed by atoms with van der Waals surface area (Å²) in [5.74, 6) is 1.42. The fourth-order valence-corrected chi connectivity index (χ4v) is 5.20. The maximum atomic E-state index is 12.9. The molecule has 1 aliphatic carbocycles. The molecule has 3 heterocycles. The fraction of sp³-hybridized carbons (Fsp3) is 0.905. The molecule has 27 heavy (non-hydrogen) atoms. The Hall–Kier alpha value is -1.14. The van der Waals surface area contributed by atoms with Gasteiger partial charge in [0.15, 0.2) is 0 Å². The van der Waals surface area contributed by atoms with Crippen molar-refractivity contribution in [1.82, 2.24) is 14.7 Å². The largest absolute Gasteiger partial charge is 0.372 e. The Kier molecular flexibility index (Phi) is 5.74. The zero-order valence-electron chi connectivity index (χ0n) is 16.8. The van der Waals surface area contributed by atoms with E-state index in [1.165, 1.54) is 19.3 Å². The highest BCUT2D eigenvalue weighted by Gasteiger charge is 2.42. The predicted molar refractivity (Wildman–Crippen MR) is 103 cm³/mol. The van der Waals surface area contributed by atoms with Gasteiger partial charge in [0.25, 0.3) is 0 Å². The molecule has 4 rings (SSSR count). The van der Waals surface area contributed by atoms with Gasteiger partial charge >= 0.3 is 0 Å². The van der Waals surface area contributed by atoms with Crippen molar-refractivity contribution < 1.29 is 14.3 Å². The van der Waals surface area contributed by atoms with Crippen LogP contribution in [0.1, 0.15) is 51.4 Å². The second kappa shape index (κ2) is 8.08. The van der Waals surface area contributed by atoms with Gasteiger partial charge in [-0.3, -0.25) is 9.59 Å². The van der Waals surface area contributed by atoms with E-state index in [0.717, 1.165) is 65.0 Å². The van der Waals surface area contributed by atoms with E-state index in [1.54, 1.807) is 0 Å². The van der Waals surface area contributed by atoms with Crippen LogP contribution in [0.2, 0.25) is 0 Å². The maximum absolute atomic E-state index is 12.9. The summed E-state index contributed by atoms with van der Waals surface area (Å²) in [5.41, 5.74) is -0.342. The van der Waals surface area contributed by atoms with Crippen molar-refractivity contribution in [2.45, 2.75) is 57.0 Å². The third-order valence-electron chi connectivity index (χ3n) is 7.26. The Bertz CT molecular complexity index is 555. The minimum Gasteiger partial charge on any atom is -0.372 e. The summed E-state index contributed by atoms with van der Waals surface area (Å²) in [7, 11) is 2.10. The standard InChI is InChI=1S/C21H35N3O3/c1-22-9-3-6-18(16-22)20(26)23-10-7-21(8-11-23)14-19(25)24(12-13-27-21)15-17-4-2-5-17/h17-18H,2-16H2,1H3. The van der Waals surface area contributed by atoms with Gasteiger partial charge in [-0.15, -0.1) is 0 Å². The van der Waals surface area contributed by atoms with Gasteiger partial charge in [-0.25, -0.2) is 0 Å². The molecule has 0 bridgehead atoms. The zero-order valence-corrected chi connectivity index (χ0v) is 16.8. The molecule has 0 N–H and O–H groups in total. The number of ether oxygens (including phenoxy) is 1. The van der Waals surface area contributed by atoms with E-state index in [9.17, 15) is 9.59 Å². The molecule has 0 aromatic carbocycles. The van der Waals surface area contributed by atoms with Crippen LogP contribution < -0.4 is 0 Å². The van der Waals surface area contributed by atoms with Crippen molar-refractivity contribution in [2.24, 2.45) is 11.8 Å². The van der Waals surface area contributed by atoms with Crippen molar-refractivity contribution in [1.29, 1.82) is 0 Å². The normalized spacial score (nSPS) is 30.3. The highest BCUT2D eigenvalue weighted by molar-refractivity contribution is 5.80. The number of carbonyl (C=O) groups excluding carboxylic acids is 2. The van der Waals surface area contributed by atoms with Crippen molar-refractivity contribution in [3.05, 3.63) is 0 Å². The SMILES string of the molecule is CN1CCCC(C(=O)N2CCC3(CC2)CC(=O)N(CC2CCC2)CCO3)C1. The third kappa shape index (κ3) is 4.32. The Morgan fingerprint density at radius 2 is 1.89 bits per heavy atom. The summed E-state index contributed by atoms with van der Waals surface area (Å²) in [4.78, 5) is 32.0. The molecule has 3 saturated heterocycles. The lowest BCUT2D eigenvalue weighted by atomic mass is 9.84. The second-order valence-electron chi connectivity index (χ2n) is 9.27. The fourth-order valence-electron chi connectivity index (χ4n) is 5.20. The van der Waals surface area contributed by atoms with E-state index < -0.39 is 0 Å². The van der Waals surface area contributed by atoms with E-state index in [2.05, 4.69) is 11.9 Å². The molecule has 6 nitrogen and oxygen atoms in total. The Morgan fingerprint density at radius 1 is 1.11 bits per heavy atom. The molecule has 4 fully saturated rings. The van der Waals surface area contributed by atoms with Gasteiger partial charge in [-0.05, 0) is 58.0 Å². The lowest BCUT2D eigenvalue weighted by Crippen LogP contribution is -2.52. The first-order valence-corrected chi connectivity index (χ1v) is 10.9.